The molecule has 90 valence electrons. The molecule has 0 aromatic rings. The fourth-order valence-corrected chi connectivity index (χ4v) is 1.29. The molecular formula is C9H15N3O4. The van der Waals surface area contributed by atoms with Crippen molar-refractivity contribution in [3.63, 3.8) is 0 Å². The third-order valence-electron chi connectivity index (χ3n) is 2.08. The zero-order chi connectivity index (χ0) is 12.3. The summed E-state index contributed by atoms with van der Waals surface area (Å²) < 4.78 is 0. The number of urea groups is 1. The van der Waals surface area contributed by atoms with Crippen LogP contribution in [-0.2, 0) is 14.4 Å². The predicted molar refractivity (Wildman–Crippen MR) is 54.1 cm³/mol. The molecule has 0 spiro atoms. The molecule has 0 atom stereocenters. The summed E-state index contributed by atoms with van der Waals surface area (Å²) in [6, 6.07) is -0.568. The molecule has 0 aromatic heterocycles. The lowest BCUT2D eigenvalue weighted by atomic mass is 10.1. The first-order valence-corrected chi connectivity index (χ1v) is 4.93. The van der Waals surface area contributed by atoms with Crippen LogP contribution in [0, 0.1) is 0 Å². The van der Waals surface area contributed by atoms with Gasteiger partial charge in [-0.25, -0.2) is 10.3 Å². The third kappa shape index (κ3) is 2.48. The number of rotatable bonds is 4. The number of hydroxylamine groups is 1. The second-order valence-corrected chi connectivity index (χ2v) is 3.90. The van der Waals surface area contributed by atoms with E-state index in [4.69, 9.17) is 0 Å². The minimum absolute atomic E-state index is 0.317. The number of hydrogen-bond acceptors (Lipinski definition) is 4. The number of nitrogens with one attached hydrogen (secondary N) is 2. The summed E-state index contributed by atoms with van der Waals surface area (Å²) in [5, 5.41) is 2.47. The maximum atomic E-state index is 11.7. The van der Waals surface area contributed by atoms with E-state index in [-0.39, 0.29) is 6.54 Å². The second-order valence-electron chi connectivity index (χ2n) is 3.90. The number of hydrogen-bond donors (Lipinski definition) is 2. The first kappa shape index (κ1) is 12.4. The average Bonchev–Trinajstić information content (AvgIpc) is 2.38. The van der Waals surface area contributed by atoms with Crippen LogP contribution in [0.3, 0.4) is 0 Å². The van der Waals surface area contributed by atoms with Crippen LogP contribution in [0.1, 0.15) is 20.8 Å². The Kier molecular flexibility index (Phi) is 3.48. The molecule has 1 saturated heterocycles. The summed E-state index contributed by atoms with van der Waals surface area (Å²) in [6.07, 6.45) is 0. The average molecular weight is 229 g/mol. The van der Waals surface area contributed by atoms with Gasteiger partial charge in [-0.15, -0.1) is 0 Å². The zero-order valence-corrected chi connectivity index (χ0v) is 9.49. The fourth-order valence-electron chi connectivity index (χ4n) is 1.29. The molecule has 7 nitrogen and oxygen atoms in total. The van der Waals surface area contributed by atoms with Gasteiger partial charge in [-0.1, -0.05) is 0 Å². The molecule has 0 aliphatic carbocycles. The summed E-state index contributed by atoms with van der Waals surface area (Å²) in [4.78, 5) is 39.8. The van der Waals surface area contributed by atoms with Crippen molar-refractivity contribution in [3.8, 4) is 0 Å². The van der Waals surface area contributed by atoms with Crippen LogP contribution in [0.5, 0.6) is 0 Å². The third-order valence-corrected chi connectivity index (χ3v) is 2.08. The van der Waals surface area contributed by atoms with Crippen LogP contribution >= 0.6 is 0 Å². The second kappa shape index (κ2) is 4.48. The van der Waals surface area contributed by atoms with Crippen LogP contribution in [0.4, 0.5) is 4.79 Å². The van der Waals surface area contributed by atoms with Crippen LogP contribution < -0.4 is 10.8 Å². The number of amides is 4. The lowest BCUT2D eigenvalue weighted by molar-refractivity contribution is -0.139. The number of nitrogens with zero attached hydrogens (tertiary/aromatic N) is 1. The van der Waals surface area contributed by atoms with Crippen molar-refractivity contribution >= 4 is 17.8 Å². The Morgan fingerprint density at radius 2 is 2.12 bits per heavy atom. The molecule has 2 N–H and O–H groups in total. The molecule has 1 aliphatic heterocycles. The zero-order valence-electron chi connectivity index (χ0n) is 9.49. The highest BCUT2D eigenvalue weighted by atomic mass is 16.6. The Hall–Kier alpha value is -1.63. The Labute approximate surface area is 93.1 Å². The first-order chi connectivity index (χ1) is 7.38. The van der Waals surface area contributed by atoms with Crippen molar-refractivity contribution in [2.75, 3.05) is 13.2 Å². The van der Waals surface area contributed by atoms with Gasteiger partial charge in [0.15, 0.2) is 0 Å². The van der Waals surface area contributed by atoms with E-state index in [2.05, 4.69) is 15.6 Å². The number of carbonyl (C=O) groups is 3. The lowest BCUT2D eigenvalue weighted by Crippen LogP contribution is -2.43. The smallest absolute Gasteiger partial charge is 0.324 e. The van der Waals surface area contributed by atoms with Gasteiger partial charge in [-0.3, -0.25) is 19.3 Å². The van der Waals surface area contributed by atoms with E-state index in [0.717, 1.165) is 4.90 Å². The molecule has 0 bridgehead atoms. The van der Waals surface area contributed by atoms with E-state index in [9.17, 15) is 14.4 Å². The summed E-state index contributed by atoms with van der Waals surface area (Å²) in [6.45, 7) is 4.84. The highest BCUT2D eigenvalue weighted by Crippen LogP contribution is 2.15. The highest BCUT2D eigenvalue weighted by molar-refractivity contribution is 6.08. The summed E-state index contributed by atoms with van der Waals surface area (Å²) in [7, 11) is 0. The molecule has 0 unspecified atom stereocenters. The molecule has 0 saturated carbocycles. The van der Waals surface area contributed by atoms with Crippen LogP contribution in [-0.4, -0.2) is 41.4 Å². The molecule has 16 heavy (non-hydrogen) atoms. The van der Waals surface area contributed by atoms with E-state index in [0.29, 0.717) is 6.61 Å². The highest BCUT2D eigenvalue weighted by Gasteiger charge is 2.44. The number of imide groups is 1. The van der Waals surface area contributed by atoms with E-state index >= 15 is 0 Å². The Bertz CT molecular complexity index is 327. The maximum Gasteiger partial charge on any atom is 0.325 e. The quantitative estimate of drug-likeness (QED) is 0.497. The SMILES string of the molecule is CCONC(=O)CN1C(=O)NC(C)(C)C1=O. The van der Waals surface area contributed by atoms with Crippen molar-refractivity contribution in [3.05, 3.63) is 0 Å². The molecule has 1 rings (SSSR count). The molecule has 7 heteroatoms. The van der Waals surface area contributed by atoms with Gasteiger partial charge in [0.05, 0.1) is 6.61 Å². The monoisotopic (exact) mass is 229 g/mol. The molecule has 4 amide bonds. The van der Waals surface area contributed by atoms with Crippen LogP contribution in [0.15, 0.2) is 0 Å². The van der Waals surface area contributed by atoms with Gasteiger partial charge < -0.3 is 5.32 Å². The Morgan fingerprint density at radius 1 is 1.50 bits per heavy atom. The van der Waals surface area contributed by atoms with Gasteiger partial charge in [0.2, 0.25) is 0 Å². The van der Waals surface area contributed by atoms with Gasteiger partial charge in [0, 0.05) is 0 Å². The van der Waals surface area contributed by atoms with E-state index in [1.165, 1.54) is 0 Å². The van der Waals surface area contributed by atoms with Crippen molar-refractivity contribution in [2.45, 2.75) is 26.3 Å². The first-order valence-electron chi connectivity index (χ1n) is 4.93. The largest absolute Gasteiger partial charge is 0.325 e. The van der Waals surface area contributed by atoms with Crippen molar-refractivity contribution in [2.24, 2.45) is 0 Å². The van der Waals surface area contributed by atoms with Crippen molar-refractivity contribution in [1.29, 1.82) is 0 Å². The minimum Gasteiger partial charge on any atom is -0.324 e. The van der Waals surface area contributed by atoms with Gasteiger partial charge >= 0.3 is 6.03 Å². The predicted octanol–water partition coefficient (Wildman–Crippen LogP) is -0.615. The summed E-state index contributed by atoms with van der Waals surface area (Å²) in [5.41, 5.74) is 1.16. The molecule has 0 radical (unpaired) electrons. The van der Waals surface area contributed by atoms with Crippen LogP contribution in [0.2, 0.25) is 0 Å². The van der Waals surface area contributed by atoms with Crippen molar-refractivity contribution in [1.82, 2.24) is 15.7 Å². The Balaban J connectivity index is 2.58. The standard InChI is InChI=1S/C9H15N3O4/c1-4-16-11-6(13)5-12-7(14)9(2,3)10-8(12)15/h4-5H2,1-3H3,(H,10,15)(H,11,13). The molecule has 0 aromatic carbocycles. The van der Waals surface area contributed by atoms with Crippen LogP contribution in [0.25, 0.3) is 0 Å². The molecule has 1 fully saturated rings. The number of carbonyl (C=O) groups excluding carboxylic acids is 3. The van der Waals surface area contributed by atoms with E-state index in [1.54, 1.807) is 20.8 Å². The topological polar surface area (TPSA) is 87.7 Å². The van der Waals surface area contributed by atoms with Gasteiger partial charge in [-0.2, -0.15) is 0 Å². The van der Waals surface area contributed by atoms with E-state index in [1.807, 2.05) is 0 Å². The molecular weight excluding hydrogens is 214 g/mol. The van der Waals surface area contributed by atoms with Gasteiger partial charge in [0.25, 0.3) is 11.8 Å². The maximum absolute atomic E-state index is 11.7. The van der Waals surface area contributed by atoms with E-state index < -0.39 is 23.4 Å². The normalized spacial score (nSPS) is 18.6. The van der Waals surface area contributed by atoms with Gasteiger partial charge in [-0.05, 0) is 20.8 Å². The Morgan fingerprint density at radius 3 is 2.56 bits per heavy atom. The van der Waals surface area contributed by atoms with Gasteiger partial charge in [0.1, 0.15) is 12.1 Å². The molecule has 1 aliphatic rings. The summed E-state index contributed by atoms with van der Waals surface area (Å²) >= 11 is 0. The summed E-state index contributed by atoms with van der Waals surface area (Å²) in [5.74, 6) is -0.966. The fraction of sp³-hybridized carbons (Fsp3) is 0.667. The molecule has 1 heterocycles. The lowest BCUT2D eigenvalue weighted by Gasteiger charge is -2.15. The van der Waals surface area contributed by atoms with Crippen molar-refractivity contribution < 1.29 is 19.2 Å². The minimum atomic E-state index is -0.955.